The molecule has 0 radical (unpaired) electrons. The van der Waals surface area contributed by atoms with E-state index in [1.165, 1.54) is 11.1 Å². The molecule has 0 bridgehead atoms. The Morgan fingerprint density at radius 3 is 2.73 bits per heavy atom. The monoisotopic (exact) mass is 198 g/mol. The molecule has 1 aromatic heterocycles. The number of hydrogen-bond donors (Lipinski definition) is 1. The first kappa shape index (κ1) is 9.71. The summed E-state index contributed by atoms with van der Waals surface area (Å²) in [5.74, 6) is 0. The predicted octanol–water partition coefficient (Wildman–Crippen LogP) is 3.00. The summed E-state index contributed by atoms with van der Waals surface area (Å²) >= 11 is 0. The van der Waals surface area contributed by atoms with Gasteiger partial charge in [-0.15, -0.1) is 0 Å². The van der Waals surface area contributed by atoms with E-state index in [0.717, 1.165) is 12.2 Å². The number of rotatable bonds is 3. The number of aryl methyl sites for hydroxylation is 1. The first-order valence-corrected chi connectivity index (χ1v) is 5.04. The van der Waals surface area contributed by atoms with Gasteiger partial charge in [0, 0.05) is 18.9 Å². The molecular weight excluding hydrogens is 184 g/mol. The molecule has 2 heteroatoms. The van der Waals surface area contributed by atoms with E-state index >= 15 is 0 Å². The average Bonchev–Trinajstić information content (AvgIpc) is 2.29. The molecule has 0 spiro atoms. The molecule has 76 valence electrons. The van der Waals surface area contributed by atoms with E-state index < -0.39 is 0 Å². The summed E-state index contributed by atoms with van der Waals surface area (Å²) in [5, 5.41) is 3.34. The summed E-state index contributed by atoms with van der Waals surface area (Å²) < 4.78 is 0. The van der Waals surface area contributed by atoms with Crippen molar-refractivity contribution >= 4 is 5.69 Å². The van der Waals surface area contributed by atoms with Gasteiger partial charge in [0.05, 0.1) is 5.69 Å². The first-order chi connectivity index (χ1) is 7.36. The Labute approximate surface area is 90.0 Å². The van der Waals surface area contributed by atoms with E-state index in [2.05, 4.69) is 41.5 Å². The van der Waals surface area contributed by atoms with Crippen molar-refractivity contribution in [3.8, 4) is 0 Å². The highest BCUT2D eigenvalue weighted by Gasteiger charge is 1.96. The molecule has 0 atom stereocenters. The van der Waals surface area contributed by atoms with E-state index in [9.17, 15) is 0 Å². The predicted molar refractivity (Wildman–Crippen MR) is 62.7 cm³/mol. The number of hydrogen-bond acceptors (Lipinski definition) is 2. The van der Waals surface area contributed by atoms with Crippen molar-refractivity contribution in [1.82, 2.24) is 4.98 Å². The summed E-state index contributed by atoms with van der Waals surface area (Å²) in [4.78, 5) is 4.06. The Morgan fingerprint density at radius 1 is 1.13 bits per heavy atom. The Kier molecular flexibility index (Phi) is 2.98. The van der Waals surface area contributed by atoms with Gasteiger partial charge in [0.2, 0.25) is 0 Å². The van der Waals surface area contributed by atoms with Crippen LogP contribution in [0.2, 0.25) is 0 Å². The minimum atomic E-state index is 0.846. The second-order valence-corrected chi connectivity index (χ2v) is 3.52. The lowest BCUT2D eigenvalue weighted by Gasteiger charge is -2.07. The van der Waals surface area contributed by atoms with Crippen LogP contribution in [0.5, 0.6) is 0 Å². The number of aromatic nitrogens is 1. The molecule has 1 heterocycles. The van der Waals surface area contributed by atoms with E-state index in [1.807, 2.05) is 18.3 Å². The van der Waals surface area contributed by atoms with Gasteiger partial charge < -0.3 is 5.32 Å². The average molecular weight is 198 g/mol. The highest BCUT2D eigenvalue weighted by molar-refractivity contribution is 5.41. The van der Waals surface area contributed by atoms with Crippen molar-refractivity contribution in [1.29, 1.82) is 0 Å². The molecule has 0 aliphatic rings. The van der Waals surface area contributed by atoms with Crippen molar-refractivity contribution in [2.75, 3.05) is 5.32 Å². The zero-order valence-corrected chi connectivity index (χ0v) is 8.77. The topological polar surface area (TPSA) is 24.9 Å². The third kappa shape index (κ3) is 2.56. The van der Waals surface area contributed by atoms with Crippen LogP contribution in [0.25, 0.3) is 0 Å². The number of nitrogens with zero attached hydrogens (tertiary/aromatic N) is 1. The molecule has 15 heavy (non-hydrogen) atoms. The molecule has 0 aliphatic heterocycles. The number of pyridine rings is 1. The van der Waals surface area contributed by atoms with Gasteiger partial charge in [0.1, 0.15) is 0 Å². The first-order valence-electron chi connectivity index (χ1n) is 5.04. The van der Waals surface area contributed by atoms with Crippen molar-refractivity contribution < 1.29 is 0 Å². The van der Waals surface area contributed by atoms with E-state index in [-0.39, 0.29) is 0 Å². The zero-order chi connectivity index (χ0) is 10.5. The summed E-state index contributed by atoms with van der Waals surface area (Å²) in [5.41, 5.74) is 3.69. The zero-order valence-electron chi connectivity index (χ0n) is 8.77. The minimum absolute atomic E-state index is 0.846. The maximum atomic E-state index is 4.06. The van der Waals surface area contributed by atoms with E-state index in [4.69, 9.17) is 0 Å². The van der Waals surface area contributed by atoms with Gasteiger partial charge in [-0.2, -0.15) is 0 Å². The van der Waals surface area contributed by atoms with E-state index in [0.29, 0.717) is 0 Å². The van der Waals surface area contributed by atoms with Crippen LogP contribution >= 0.6 is 0 Å². The van der Waals surface area contributed by atoms with Crippen molar-refractivity contribution in [3.63, 3.8) is 0 Å². The van der Waals surface area contributed by atoms with Gasteiger partial charge in [-0.3, -0.25) is 4.98 Å². The standard InChI is InChI=1S/C13H14N2/c1-11-5-2-3-6-12(11)9-15-13-7-4-8-14-10-13/h2-8,10,15H,9H2,1H3. The molecular formula is C13H14N2. The molecule has 2 aromatic rings. The second kappa shape index (κ2) is 4.60. The quantitative estimate of drug-likeness (QED) is 0.820. The SMILES string of the molecule is Cc1ccccc1CNc1cccnc1. The number of nitrogens with one attached hydrogen (secondary N) is 1. The van der Waals surface area contributed by atoms with Gasteiger partial charge in [0.25, 0.3) is 0 Å². The molecule has 1 aromatic carbocycles. The molecule has 0 amide bonds. The third-order valence-electron chi connectivity index (χ3n) is 2.41. The van der Waals surface area contributed by atoms with Crippen molar-refractivity contribution in [3.05, 3.63) is 59.9 Å². The lowest BCUT2D eigenvalue weighted by atomic mass is 10.1. The summed E-state index contributed by atoms with van der Waals surface area (Å²) in [6.45, 7) is 2.97. The van der Waals surface area contributed by atoms with Gasteiger partial charge in [-0.1, -0.05) is 24.3 Å². The molecule has 0 fully saturated rings. The minimum Gasteiger partial charge on any atom is -0.380 e. The Balaban J connectivity index is 2.03. The molecule has 0 saturated heterocycles. The van der Waals surface area contributed by atoms with Crippen LogP contribution in [0, 0.1) is 6.92 Å². The Hall–Kier alpha value is -1.83. The lowest BCUT2D eigenvalue weighted by Crippen LogP contribution is -2.00. The molecule has 1 N–H and O–H groups in total. The van der Waals surface area contributed by atoms with Gasteiger partial charge >= 0.3 is 0 Å². The van der Waals surface area contributed by atoms with Crippen LogP contribution in [-0.4, -0.2) is 4.98 Å². The molecule has 0 saturated carbocycles. The van der Waals surface area contributed by atoms with Crippen LogP contribution in [-0.2, 0) is 6.54 Å². The fourth-order valence-electron chi connectivity index (χ4n) is 1.47. The largest absolute Gasteiger partial charge is 0.380 e. The second-order valence-electron chi connectivity index (χ2n) is 3.52. The maximum absolute atomic E-state index is 4.06. The van der Waals surface area contributed by atoms with Crippen molar-refractivity contribution in [2.24, 2.45) is 0 Å². The smallest absolute Gasteiger partial charge is 0.0529 e. The normalized spacial score (nSPS) is 9.93. The lowest BCUT2D eigenvalue weighted by molar-refractivity contribution is 1.11. The van der Waals surface area contributed by atoms with Crippen LogP contribution < -0.4 is 5.32 Å². The summed E-state index contributed by atoms with van der Waals surface area (Å²) in [6.07, 6.45) is 3.61. The van der Waals surface area contributed by atoms with Crippen LogP contribution in [0.15, 0.2) is 48.8 Å². The highest BCUT2D eigenvalue weighted by atomic mass is 14.9. The molecule has 0 aliphatic carbocycles. The van der Waals surface area contributed by atoms with Gasteiger partial charge in [-0.25, -0.2) is 0 Å². The van der Waals surface area contributed by atoms with Crippen LogP contribution in [0.4, 0.5) is 5.69 Å². The summed E-state index contributed by atoms with van der Waals surface area (Å²) in [6, 6.07) is 12.3. The van der Waals surface area contributed by atoms with Gasteiger partial charge in [-0.05, 0) is 30.2 Å². The van der Waals surface area contributed by atoms with Gasteiger partial charge in [0.15, 0.2) is 0 Å². The summed E-state index contributed by atoms with van der Waals surface area (Å²) in [7, 11) is 0. The third-order valence-corrected chi connectivity index (χ3v) is 2.41. The Morgan fingerprint density at radius 2 is 2.00 bits per heavy atom. The fraction of sp³-hybridized carbons (Fsp3) is 0.154. The molecule has 0 unspecified atom stereocenters. The maximum Gasteiger partial charge on any atom is 0.0529 e. The van der Waals surface area contributed by atoms with Crippen molar-refractivity contribution in [2.45, 2.75) is 13.5 Å². The Bertz CT molecular complexity index is 424. The van der Waals surface area contributed by atoms with E-state index in [1.54, 1.807) is 6.20 Å². The molecule has 2 nitrogen and oxygen atoms in total. The number of benzene rings is 1. The number of anilines is 1. The van der Waals surface area contributed by atoms with Crippen LogP contribution in [0.1, 0.15) is 11.1 Å². The molecule has 2 rings (SSSR count). The van der Waals surface area contributed by atoms with Crippen LogP contribution in [0.3, 0.4) is 0 Å². The highest BCUT2D eigenvalue weighted by Crippen LogP contribution is 2.10. The fourth-order valence-corrected chi connectivity index (χ4v) is 1.47.